The summed E-state index contributed by atoms with van der Waals surface area (Å²) in [6.45, 7) is 5.85. The number of rotatable bonds is 5. The van der Waals surface area contributed by atoms with E-state index in [0.29, 0.717) is 0 Å². The molecule has 5 nitrogen and oxygen atoms in total. The van der Waals surface area contributed by atoms with Gasteiger partial charge in [-0.2, -0.15) is 0 Å². The average Bonchev–Trinajstić information content (AvgIpc) is 2.26. The number of ether oxygens (including phenoxy) is 2. The summed E-state index contributed by atoms with van der Waals surface area (Å²) in [4.78, 5) is 11.3. The van der Waals surface area contributed by atoms with Gasteiger partial charge < -0.3 is 19.9 Å². The molecule has 1 aliphatic rings. The maximum Gasteiger partial charge on any atom is 0.338 e. The van der Waals surface area contributed by atoms with E-state index >= 15 is 0 Å². The molecule has 3 unspecified atom stereocenters. The van der Waals surface area contributed by atoms with E-state index in [1.165, 1.54) is 14.0 Å². The quantitative estimate of drug-likeness (QED) is 0.682. The Balaban J connectivity index is 2.46. The van der Waals surface area contributed by atoms with Crippen molar-refractivity contribution in [1.29, 1.82) is 0 Å². The van der Waals surface area contributed by atoms with Crippen LogP contribution in [0.4, 0.5) is 0 Å². The van der Waals surface area contributed by atoms with E-state index in [2.05, 4.69) is 23.9 Å². The standard InChI is InChI=1S/C12H23NO4/c1-11(2)8(6-9(11)16-4)13-7-12(3,15)10(14)17-5/h8-9,13,15H,6-7H2,1-5H3. The molecule has 0 saturated heterocycles. The third kappa shape index (κ3) is 2.78. The molecule has 1 aliphatic carbocycles. The molecule has 0 aromatic heterocycles. The highest BCUT2D eigenvalue weighted by molar-refractivity contribution is 5.78. The van der Waals surface area contributed by atoms with Gasteiger partial charge in [-0.15, -0.1) is 0 Å². The Bertz CT molecular complexity index is 288. The molecule has 0 amide bonds. The summed E-state index contributed by atoms with van der Waals surface area (Å²) in [5, 5.41) is 13.1. The predicted octanol–water partition coefficient (Wildman–Crippen LogP) is 0.313. The smallest absolute Gasteiger partial charge is 0.338 e. The van der Waals surface area contributed by atoms with Crippen LogP contribution in [0.15, 0.2) is 0 Å². The lowest BCUT2D eigenvalue weighted by atomic mass is 9.64. The second-order valence-corrected chi connectivity index (χ2v) is 5.48. The van der Waals surface area contributed by atoms with Gasteiger partial charge in [0.2, 0.25) is 0 Å². The van der Waals surface area contributed by atoms with Crippen molar-refractivity contribution >= 4 is 5.97 Å². The zero-order chi connectivity index (χ0) is 13.3. The van der Waals surface area contributed by atoms with Crippen molar-refractivity contribution in [2.75, 3.05) is 20.8 Å². The molecular weight excluding hydrogens is 222 g/mol. The van der Waals surface area contributed by atoms with Gasteiger partial charge in [-0.25, -0.2) is 4.79 Å². The van der Waals surface area contributed by atoms with Crippen LogP contribution in [0.1, 0.15) is 27.2 Å². The zero-order valence-corrected chi connectivity index (χ0v) is 11.2. The summed E-state index contributed by atoms with van der Waals surface area (Å²) >= 11 is 0. The van der Waals surface area contributed by atoms with E-state index in [-0.39, 0.29) is 24.1 Å². The summed E-state index contributed by atoms with van der Waals surface area (Å²) in [6.07, 6.45) is 1.11. The highest BCUT2D eigenvalue weighted by Gasteiger charge is 2.49. The van der Waals surface area contributed by atoms with Gasteiger partial charge in [-0.1, -0.05) is 13.8 Å². The molecule has 0 radical (unpaired) electrons. The minimum absolute atomic E-state index is 0.0148. The van der Waals surface area contributed by atoms with Crippen LogP contribution < -0.4 is 5.32 Å². The van der Waals surface area contributed by atoms with Gasteiger partial charge in [0.25, 0.3) is 0 Å². The molecule has 0 bridgehead atoms. The Morgan fingerprint density at radius 3 is 2.53 bits per heavy atom. The molecule has 1 rings (SSSR count). The average molecular weight is 245 g/mol. The van der Waals surface area contributed by atoms with Crippen LogP contribution in [-0.2, 0) is 14.3 Å². The number of aliphatic hydroxyl groups is 1. The molecule has 0 aromatic carbocycles. The third-order valence-electron chi connectivity index (χ3n) is 3.78. The largest absolute Gasteiger partial charge is 0.467 e. The Kier molecular flexibility index (Phi) is 4.17. The zero-order valence-electron chi connectivity index (χ0n) is 11.2. The van der Waals surface area contributed by atoms with Crippen molar-refractivity contribution < 1.29 is 19.4 Å². The van der Waals surface area contributed by atoms with Crippen molar-refractivity contribution in [1.82, 2.24) is 5.32 Å². The van der Waals surface area contributed by atoms with Crippen molar-refractivity contribution in [3.63, 3.8) is 0 Å². The van der Waals surface area contributed by atoms with E-state index in [9.17, 15) is 9.90 Å². The van der Waals surface area contributed by atoms with Crippen LogP contribution in [0, 0.1) is 5.41 Å². The molecule has 0 spiro atoms. The number of carbonyl (C=O) groups is 1. The van der Waals surface area contributed by atoms with E-state index in [1.807, 2.05) is 0 Å². The lowest BCUT2D eigenvalue weighted by Crippen LogP contribution is -2.63. The van der Waals surface area contributed by atoms with Crippen LogP contribution in [0.2, 0.25) is 0 Å². The van der Waals surface area contributed by atoms with Crippen LogP contribution >= 0.6 is 0 Å². The second-order valence-electron chi connectivity index (χ2n) is 5.48. The highest BCUT2D eigenvalue weighted by atomic mass is 16.5. The number of methoxy groups -OCH3 is 2. The molecule has 5 heteroatoms. The van der Waals surface area contributed by atoms with Crippen molar-refractivity contribution in [2.24, 2.45) is 5.41 Å². The summed E-state index contributed by atoms with van der Waals surface area (Å²) in [6, 6.07) is 0.239. The van der Waals surface area contributed by atoms with E-state index in [1.54, 1.807) is 7.11 Å². The number of carbonyl (C=O) groups excluding carboxylic acids is 1. The monoisotopic (exact) mass is 245 g/mol. The van der Waals surface area contributed by atoms with Crippen LogP contribution in [0.25, 0.3) is 0 Å². The first-order valence-electron chi connectivity index (χ1n) is 5.82. The Hall–Kier alpha value is -0.650. The molecule has 1 fully saturated rings. The number of esters is 1. The van der Waals surface area contributed by atoms with Gasteiger partial charge in [-0.3, -0.25) is 0 Å². The number of hydrogen-bond acceptors (Lipinski definition) is 5. The first-order chi connectivity index (χ1) is 7.75. The SMILES string of the molecule is COC(=O)C(C)(O)CNC1CC(OC)C1(C)C. The molecule has 0 aliphatic heterocycles. The summed E-state index contributed by atoms with van der Waals surface area (Å²) in [5.41, 5.74) is -1.47. The van der Waals surface area contributed by atoms with Gasteiger partial charge in [0.15, 0.2) is 5.60 Å². The summed E-state index contributed by atoms with van der Waals surface area (Å²) in [5.74, 6) is -0.620. The molecular formula is C12H23NO4. The maximum atomic E-state index is 11.3. The Morgan fingerprint density at radius 2 is 2.12 bits per heavy atom. The van der Waals surface area contributed by atoms with Crippen LogP contribution in [0.5, 0.6) is 0 Å². The van der Waals surface area contributed by atoms with Crippen molar-refractivity contribution in [3.05, 3.63) is 0 Å². The third-order valence-corrected chi connectivity index (χ3v) is 3.78. The summed E-state index contributed by atoms with van der Waals surface area (Å²) < 4.78 is 9.88. The fourth-order valence-electron chi connectivity index (χ4n) is 2.25. The van der Waals surface area contributed by atoms with E-state index < -0.39 is 11.6 Å². The second kappa shape index (κ2) is 4.92. The number of hydrogen-bond donors (Lipinski definition) is 2. The predicted molar refractivity (Wildman–Crippen MR) is 63.6 cm³/mol. The maximum absolute atomic E-state index is 11.3. The minimum atomic E-state index is -1.48. The molecule has 100 valence electrons. The fraction of sp³-hybridized carbons (Fsp3) is 0.917. The minimum Gasteiger partial charge on any atom is -0.467 e. The van der Waals surface area contributed by atoms with E-state index in [0.717, 1.165) is 6.42 Å². The topological polar surface area (TPSA) is 67.8 Å². The first kappa shape index (κ1) is 14.4. The lowest BCUT2D eigenvalue weighted by Gasteiger charge is -2.52. The fourth-order valence-corrected chi connectivity index (χ4v) is 2.25. The van der Waals surface area contributed by atoms with Gasteiger partial charge in [0, 0.05) is 25.1 Å². The Labute approximate surface area is 102 Å². The first-order valence-corrected chi connectivity index (χ1v) is 5.82. The van der Waals surface area contributed by atoms with Crippen LogP contribution in [0.3, 0.4) is 0 Å². The molecule has 17 heavy (non-hydrogen) atoms. The Morgan fingerprint density at radius 1 is 1.53 bits per heavy atom. The van der Waals surface area contributed by atoms with Gasteiger partial charge in [0.05, 0.1) is 13.2 Å². The molecule has 0 heterocycles. The highest BCUT2D eigenvalue weighted by Crippen LogP contribution is 2.42. The van der Waals surface area contributed by atoms with E-state index in [4.69, 9.17) is 4.74 Å². The van der Waals surface area contributed by atoms with Gasteiger partial charge in [0.1, 0.15) is 0 Å². The van der Waals surface area contributed by atoms with Gasteiger partial charge in [-0.05, 0) is 13.3 Å². The number of nitrogens with one attached hydrogen (secondary N) is 1. The van der Waals surface area contributed by atoms with Crippen LogP contribution in [-0.4, -0.2) is 49.6 Å². The normalized spacial score (nSPS) is 30.2. The molecule has 1 saturated carbocycles. The van der Waals surface area contributed by atoms with Gasteiger partial charge >= 0.3 is 5.97 Å². The summed E-state index contributed by atoms with van der Waals surface area (Å²) in [7, 11) is 2.97. The van der Waals surface area contributed by atoms with Crippen molar-refractivity contribution in [3.8, 4) is 0 Å². The molecule has 3 atom stereocenters. The van der Waals surface area contributed by atoms with Crippen molar-refractivity contribution in [2.45, 2.75) is 44.9 Å². The molecule has 2 N–H and O–H groups in total. The molecule has 0 aromatic rings. The lowest BCUT2D eigenvalue weighted by molar-refractivity contribution is -0.161.